The number of pyridine rings is 1. The molecular weight excluding hydrogens is 237 g/mol. The molecule has 0 saturated carbocycles. The number of nitrogens with one attached hydrogen (secondary N) is 2. The van der Waals surface area contributed by atoms with Gasteiger partial charge in [-0.2, -0.15) is 5.10 Å². The van der Waals surface area contributed by atoms with Crippen molar-refractivity contribution >= 4 is 5.91 Å². The minimum Gasteiger partial charge on any atom is -0.352 e. The predicted octanol–water partition coefficient (Wildman–Crippen LogP) is 0.701. The number of carbonyl (C=O) groups excluding carboxylic acids is 1. The Hall–Kier alpha value is -2.31. The van der Waals surface area contributed by atoms with Crippen LogP contribution in [0.1, 0.15) is 22.6 Å². The number of amides is 1. The van der Waals surface area contributed by atoms with Gasteiger partial charge in [0.2, 0.25) is 0 Å². The maximum absolute atomic E-state index is 13.2. The van der Waals surface area contributed by atoms with E-state index >= 15 is 0 Å². The van der Waals surface area contributed by atoms with Gasteiger partial charge in [-0.1, -0.05) is 0 Å². The molecule has 0 aromatic carbocycles. The fourth-order valence-electron chi connectivity index (χ4n) is 1.46. The number of H-pyrrole nitrogens is 1. The summed E-state index contributed by atoms with van der Waals surface area (Å²) in [6, 6.07) is 1.35. The van der Waals surface area contributed by atoms with E-state index in [2.05, 4.69) is 25.5 Å². The van der Waals surface area contributed by atoms with Crippen molar-refractivity contribution in [3.05, 3.63) is 42.0 Å². The minimum atomic E-state index is -0.620. The molecule has 2 N–H and O–H groups in total. The molecule has 1 amide bonds. The molecule has 0 aliphatic rings. The summed E-state index contributed by atoms with van der Waals surface area (Å²) in [6.45, 7) is 0.446. The highest BCUT2D eigenvalue weighted by molar-refractivity contribution is 5.94. The zero-order valence-electron chi connectivity index (χ0n) is 9.56. The molecule has 6 nitrogen and oxygen atoms in total. The Kier molecular flexibility index (Phi) is 3.95. The van der Waals surface area contributed by atoms with Gasteiger partial charge in [-0.15, -0.1) is 0 Å². The Morgan fingerprint density at radius 1 is 1.50 bits per heavy atom. The topological polar surface area (TPSA) is 83.6 Å². The lowest BCUT2D eigenvalue weighted by atomic mass is 10.2. The molecule has 0 aliphatic heterocycles. The molecule has 0 aliphatic carbocycles. The maximum atomic E-state index is 13.2. The molecule has 0 bridgehead atoms. The van der Waals surface area contributed by atoms with Gasteiger partial charge in [-0.3, -0.25) is 14.9 Å². The highest BCUT2D eigenvalue weighted by Crippen LogP contribution is 2.03. The molecule has 0 unspecified atom stereocenters. The van der Waals surface area contributed by atoms with Crippen LogP contribution in [-0.2, 0) is 6.42 Å². The van der Waals surface area contributed by atoms with Crippen molar-refractivity contribution < 1.29 is 9.18 Å². The average molecular weight is 249 g/mol. The fourth-order valence-corrected chi connectivity index (χ4v) is 1.46. The third kappa shape index (κ3) is 3.09. The van der Waals surface area contributed by atoms with Crippen molar-refractivity contribution in [3.63, 3.8) is 0 Å². The van der Waals surface area contributed by atoms with Crippen LogP contribution in [0.4, 0.5) is 4.39 Å². The number of nitrogens with zero attached hydrogens (tertiary/aromatic N) is 3. The van der Waals surface area contributed by atoms with E-state index < -0.39 is 11.7 Å². The summed E-state index contributed by atoms with van der Waals surface area (Å²) in [7, 11) is 0. The van der Waals surface area contributed by atoms with Crippen molar-refractivity contribution in [2.45, 2.75) is 12.8 Å². The summed E-state index contributed by atoms with van der Waals surface area (Å²) < 4.78 is 13.2. The number of aromatic amines is 1. The highest BCUT2D eigenvalue weighted by atomic mass is 19.1. The molecule has 2 heterocycles. The van der Waals surface area contributed by atoms with Gasteiger partial charge >= 0.3 is 0 Å². The lowest BCUT2D eigenvalue weighted by Crippen LogP contribution is -2.25. The number of rotatable bonds is 5. The van der Waals surface area contributed by atoms with Crippen LogP contribution in [0.25, 0.3) is 0 Å². The van der Waals surface area contributed by atoms with E-state index in [9.17, 15) is 9.18 Å². The number of carbonyl (C=O) groups is 1. The van der Waals surface area contributed by atoms with E-state index in [4.69, 9.17) is 0 Å². The monoisotopic (exact) mass is 249 g/mol. The SMILES string of the molecule is O=C(NCCCc1ncn[nH]1)c1ccncc1F. The van der Waals surface area contributed by atoms with Crippen LogP contribution >= 0.6 is 0 Å². The van der Waals surface area contributed by atoms with Crippen LogP contribution in [0, 0.1) is 5.82 Å². The molecule has 2 rings (SSSR count). The Labute approximate surface area is 103 Å². The third-order valence-electron chi connectivity index (χ3n) is 2.36. The molecule has 0 fully saturated rings. The first-order valence-corrected chi connectivity index (χ1v) is 5.49. The van der Waals surface area contributed by atoms with E-state index in [1.165, 1.54) is 18.6 Å². The Balaban J connectivity index is 1.77. The molecular formula is C11H12FN5O. The first kappa shape index (κ1) is 12.2. The molecule has 0 spiro atoms. The fraction of sp³-hybridized carbons (Fsp3) is 0.273. The van der Waals surface area contributed by atoms with Crippen LogP contribution < -0.4 is 5.32 Å². The number of aromatic nitrogens is 4. The zero-order chi connectivity index (χ0) is 12.8. The Morgan fingerprint density at radius 2 is 2.39 bits per heavy atom. The lowest BCUT2D eigenvalue weighted by Gasteiger charge is -2.04. The summed E-state index contributed by atoms with van der Waals surface area (Å²) in [5, 5.41) is 9.07. The van der Waals surface area contributed by atoms with Crippen molar-refractivity contribution in [2.24, 2.45) is 0 Å². The van der Waals surface area contributed by atoms with Crippen LogP contribution in [0.3, 0.4) is 0 Å². The van der Waals surface area contributed by atoms with Gasteiger partial charge in [0, 0.05) is 19.2 Å². The number of aryl methyl sites for hydroxylation is 1. The van der Waals surface area contributed by atoms with Crippen molar-refractivity contribution in [3.8, 4) is 0 Å². The van der Waals surface area contributed by atoms with Gasteiger partial charge in [0.15, 0.2) is 5.82 Å². The minimum absolute atomic E-state index is 0.00432. The average Bonchev–Trinajstić information content (AvgIpc) is 2.88. The second-order valence-corrected chi connectivity index (χ2v) is 3.65. The van der Waals surface area contributed by atoms with Crippen LogP contribution in [0.2, 0.25) is 0 Å². The van der Waals surface area contributed by atoms with Gasteiger partial charge in [0.05, 0.1) is 11.8 Å². The summed E-state index contributed by atoms with van der Waals surface area (Å²) in [6.07, 6.45) is 5.21. The van der Waals surface area contributed by atoms with Crippen molar-refractivity contribution in [1.82, 2.24) is 25.5 Å². The van der Waals surface area contributed by atoms with Crippen LogP contribution in [0.5, 0.6) is 0 Å². The smallest absolute Gasteiger partial charge is 0.254 e. The molecule has 0 saturated heterocycles. The van der Waals surface area contributed by atoms with Crippen molar-refractivity contribution in [1.29, 1.82) is 0 Å². The number of halogens is 1. The van der Waals surface area contributed by atoms with E-state index in [0.29, 0.717) is 19.4 Å². The van der Waals surface area contributed by atoms with E-state index in [-0.39, 0.29) is 5.56 Å². The maximum Gasteiger partial charge on any atom is 0.254 e. The van der Waals surface area contributed by atoms with Crippen LogP contribution in [0.15, 0.2) is 24.8 Å². The Bertz CT molecular complexity index is 514. The van der Waals surface area contributed by atoms with E-state index in [1.807, 2.05) is 0 Å². The Morgan fingerprint density at radius 3 is 3.11 bits per heavy atom. The van der Waals surface area contributed by atoms with E-state index in [0.717, 1.165) is 12.0 Å². The largest absolute Gasteiger partial charge is 0.352 e. The number of hydrogen-bond donors (Lipinski definition) is 2. The zero-order valence-corrected chi connectivity index (χ0v) is 9.56. The van der Waals surface area contributed by atoms with Crippen molar-refractivity contribution in [2.75, 3.05) is 6.54 Å². The summed E-state index contributed by atoms with van der Waals surface area (Å²) >= 11 is 0. The van der Waals surface area contributed by atoms with Gasteiger partial charge in [-0.05, 0) is 12.5 Å². The van der Waals surface area contributed by atoms with Crippen LogP contribution in [-0.4, -0.2) is 32.6 Å². The predicted molar refractivity (Wildman–Crippen MR) is 61.2 cm³/mol. The highest BCUT2D eigenvalue weighted by Gasteiger charge is 2.10. The normalized spacial score (nSPS) is 10.3. The summed E-state index contributed by atoms with van der Waals surface area (Å²) in [5.74, 6) is -0.294. The first-order valence-electron chi connectivity index (χ1n) is 5.49. The molecule has 0 atom stereocenters. The second-order valence-electron chi connectivity index (χ2n) is 3.65. The standard InChI is InChI=1S/C11H12FN5O/c12-9-6-13-5-3-8(9)11(18)14-4-1-2-10-15-7-16-17-10/h3,5-7H,1-2,4H2,(H,14,18)(H,15,16,17). The quantitative estimate of drug-likeness (QED) is 0.764. The third-order valence-corrected chi connectivity index (χ3v) is 2.36. The van der Waals surface area contributed by atoms with Gasteiger partial charge in [-0.25, -0.2) is 9.37 Å². The van der Waals surface area contributed by atoms with E-state index in [1.54, 1.807) is 0 Å². The molecule has 18 heavy (non-hydrogen) atoms. The molecule has 2 aromatic rings. The molecule has 7 heteroatoms. The summed E-state index contributed by atoms with van der Waals surface area (Å²) in [5.41, 5.74) is 0.00432. The molecule has 0 radical (unpaired) electrons. The van der Waals surface area contributed by atoms with Gasteiger partial charge in [0.25, 0.3) is 5.91 Å². The van der Waals surface area contributed by atoms with Gasteiger partial charge in [0.1, 0.15) is 12.2 Å². The molecule has 94 valence electrons. The lowest BCUT2D eigenvalue weighted by molar-refractivity contribution is 0.0949. The summed E-state index contributed by atoms with van der Waals surface area (Å²) in [4.78, 5) is 19.2. The first-order chi connectivity index (χ1) is 8.77. The number of hydrogen-bond acceptors (Lipinski definition) is 4. The second kappa shape index (κ2) is 5.85. The van der Waals surface area contributed by atoms with Gasteiger partial charge < -0.3 is 5.32 Å². The molecule has 2 aromatic heterocycles.